The molecule has 0 saturated carbocycles. The van der Waals surface area contributed by atoms with Crippen molar-refractivity contribution >= 4 is 15.9 Å². The lowest BCUT2D eigenvalue weighted by Crippen LogP contribution is -2.40. The second-order valence-corrected chi connectivity index (χ2v) is 7.06. The molecule has 0 bridgehead atoms. The highest BCUT2D eigenvalue weighted by Gasteiger charge is 2.24. The fourth-order valence-corrected chi connectivity index (χ4v) is 3.35. The van der Waals surface area contributed by atoms with Gasteiger partial charge in [0, 0.05) is 24.1 Å². The predicted octanol–water partition coefficient (Wildman–Crippen LogP) is 4.30. The van der Waals surface area contributed by atoms with Gasteiger partial charge < -0.3 is 10.2 Å². The zero-order valence-corrected chi connectivity index (χ0v) is 15.0. The Morgan fingerprint density at radius 1 is 1.30 bits per heavy atom. The molecule has 0 fully saturated rings. The van der Waals surface area contributed by atoms with E-state index < -0.39 is 0 Å². The Balaban J connectivity index is 2.59. The van der Waals surface area contributed by atoms with E-state index in [1.54, 1.807) is 0 Å². The summed E-state index contributed by atoms with van der Waals surface area (Å²) in [7, 11) is 2.22. The molecule has 1 atom stereocenters. The molecule has 0 saturated heterocycles. The maximum absolute atomic E-state index is 3.54. The lowest BCUT2D eigenvalue weighted by molar-refractivity contribution is 0.169. The van der Waals surface area contributed by atoms with Crippen LogP contribution in [0.25, 0.3) is 0 Å². The summed E-state index contributed by atoms with van der Waals surface area (Å²) in [6.07, 6.45) is 2.51. The summed E-state index contributed by atoms with van der Waals surface area (Å²) in [5.74, 6) is 0. The molecule has 0 amide bonds. The van der Waals surface area contributed by atoms with Gasteiger partial charge in [0.1, 0.15) is 0 Å². The molecular weight excluding hydrogens is 312 g/mol. The molecule has 0 aromatic heterocycles. The van der Waals surface area contributed by atoms with E-state index >= 15 is 0 Å². The van der Waals surface area contributed by atoms with Crippen LogP contribution >= 0.6 is 15.9 Å². The van der Waals surface area contributed by atoms with Crippen LogP contribution in [0.4, 0.5) is 0 Å². The standard InChI is InChI=1S/C17H29BrN2/c1-5-10-17(3,13-19-6-2)14-20(4)12-15-8-7-9-16(18)11-15/h7-9,11,19H,5-6,10,12-14H2,1-4H3. The fraction of sp³-hybridized carbons (Fsp3) is 0.647. The fourth-order valence-electron chi connectivity index (χ4n) is 2.91. The van der Waals surface area contributed by atoms with Crippen molar-refractivity contribution in [2.45, 2.75) is 40.2 Å². The molecule has 3 heteroatoms. The average Bonchev–Trinajstić information content (AvgIpc) is 2.36. The van der Waals surface area contributed by atoms with Crippen molar-refractivity contribution < 1.29 is 0 Å². The van der Waals surface area contributed by atoms with Gasteiger partial charge in [-0.3, -0.25) is 0 Å². The molecule has 20 heavy (non-hydrogen) atoms. The highest BCUT2D eigenvalue weighted by molar-refractivity contribution is 9.10. The molecular formula is C17H29BrN2. The minimum Gasteiger partial charge on any atom is -0.316 e. The maximum Gasteiger partial charge on any atom is 0.0231 e. The molecule has 0 spiro atoms. The first-order valence-corrected chi connectivity index (χ1v) is 8.42. The quantitative estimate of drug-likeness (QED) is 0.721. The van der Waals surface area contributed by atoms with E-state index in [1.165, 1.54) is 18.4 Å². The Morgan fingerprint density at radius 2 is 2.05 bits per heavy atom. The zero-order chi connectivity index (χ0) is 15.0. The van der Waals surface area contributed by atoms with Crippen LogP contribution in [-0.4, -0.2) is 31.6 Å². The predicted molar refractivity (Wildman–Crippen MR) is 92.0 cm³/mol. The Labute approximate surface area is 133 Å². The molecule has 1 aromatic carbocycles. The van der Waals surface area contributed by atoms with Crippen molar-refractivity contribution in [3.05, 3.63) is 34.3 Å². The van der Waals surface area contributed by atoms with Crippen molar-refractivity contribution in [3.63, 3.8) is 0 Å². The summed E-state index contributed by atoms with van der Waals surface area (Å²) in [6, 6.07) is 8.59. The van der Waals surface area contributed by atoms with Gasteiger partial charge in [0.2, 0.25) is 0 Å². The lowest BCUT2D eigenvalue weighted by atomic mass is 9.84. The molecule has 0 aliphatic carbocycles. The molecule has 0 radical (unpaired) electrons. The topological polar surface area (TPSA) is 15.3 Å². The summed E-state index contributed by atoms with van der Waals surface area (Å²) in [6.45, 7) is 11.1. The molecule has 1 aromatic rings. The van der Waals surface area contributed by atoms with Gasteiger partial charge in [-0.15, -0.1) is 0 Å². The van der Waals surface area contributed by atoms with Gasteiger partial charge >= 0.3 is 0 Å². The highest BCUT2D eigenvalue weighted by atomic mass is 79.9. The molecule has 114 valence electrons. The van der Waals surface area contributed by atoms with Crippen LogP contribution in [-0.2, 0) is 6.54 Å². The minimum absolute atomic E-state index is 0.353. The van der Waals surface area contributed by atoms with Gasteiger partial charge in [0.15, 0.2) is 0 Å². The third-order valence-electron chi connectivity index (χ3n) is 3.65. The smallest absolute Gasteiger partial charge is 0.0231 e. The summed E-state index contributed by atoms with van der Waals surface area (Å²) in [5.41, 5.74) is 1.72. The van der Waals surface area contributed by atoms with Crippen LogP contribution < -0.4 is 5.32 Å². The van der Waals surface area contributed by atoms with Crippen LogP contribution in [0.1, 0.15) is 39.2 Å². The van der Waals surface area contributed by atoms with E-state index in [0.29, 0.717) is 5.41 Å². The molecule has 1 rings (SSSR count). The number of benzene rings is 1. The number of nitrogens with zero attached hydrogens (tertiary/aromatic N) is 1. The number of rotatable bonds is 9. The lowest BCUT2D eigenvalue weighted by Gasteiger charge is -2.34. The molecule has 1 N–H and O–H groups in total. The largest absolute Gasteiger partial charge is 0.316 e. The van der Waals surface area contributed by atoms with E-state index in [1.807, 2.05) is 0 Å². The Morgan fingerprint density at radius 3 is 2.65 bits per heavy atom. The summed E-state index contributed by atoms with van der Waals surface area (Å²) < 4.78 is 1.16. The van der Waals surface area contributed by atoms with Crippen LogP contribution in [0, 0.1) is 5.41 Å². The zero-order valence-electron chi connectivity index (χ0n) is 13.4. The molecule has 0 aliphatic rings. The summed E-state index contributed by atoms with van der Waals surface area (Å²) in [4.78, 5) is 2.44. The van der Waals surface area contributed by atoms with Gasteiger partial charge in [-0.25, -0.2) is 0 Å². The number of nitrogens with one attached hydrogen (secondary N) is 1. The van der Waals surface area contributed by atoms with E-state index in [0.717, 1.165) is 30.7 Å². The Kier molecular flexibility index (Phi) is 7.78. The van der Waals surface area contributed by atoms with Crippen LogP contribution in [0.15, 0.2) is 28.7 Å². The second-order valence-electron chi connectivity index (χ2n) is 6.14. The SMILES string of the molecule is CCCC(C)(CNCC)CN(C)Cc1cccc(Br)c1. The van der Waals surface area contributed by atoms with Crippen molar-refractivity contribution in [1.29, 1.82) is 0 Å². The summed E-state index contributed by atoms with van der Waals surface area (Å²) >= 11 is 3.54. The first kappa shape index (κ1) is 17.7. The number of hydrogen-bond donors (Lipinski definition) is 1. The van der Waals surface area contributed by atoms with E-state index in [4.69, 9.17) is 0 Å². The average molecular weight is 341 g/mol. The highest BCUT2D eigenvalue weighted by Crippen LogP contribution is 2.24. The molecule has 1 unspecified atom stereocenters. The van der Waals surface area contributed by atoms with E-state index in [9.17, 15) is 0 Å². The first-order valence-electron chi connectivity index (χ1n) is 7.63. The van der Waals surface area contributed by atoms with Crippen molar-refractivity contribution in [2.75, 3.05) is 26.7 Å². The van der Waals surface area contributed by atoms with Crippen molar-refractivity contribution in [3.8, 4) is 0 Å². The normalized spacial score (nSPS) is 14.5. The third-order valence-corrected chi connectivity index (χ3v) is 4.14. The Hall–Kier alpha value is -0.380. The third kappa shape index (κ3) is 6.38. The minimum atomic E-state index is 0.353. The van der Waals surface area contributed by atoms with Crippen LogP contribution in [0.2, 0.25) is 0 Å². The number of hydrogen-bond acceptors (Lipinski definition) is 2. The van der Waals surface area contributed by atoms with Gasteiger partial charge in [-0.1, -0.05) is 55.3 Å². The molecule has 2 nitrogen and oxygen atoms in total. The van der Waals surface area contributed by atoms with Gasteiger partial charge in [0.05, 0.1) is 0 Å². The second kappa shape index (κ2) is 8.81. The van der Waals surface area contributed by atoms with Gasteiger partial charge in [-0.2, -0.15) is 0 Å². The summed E-state index contributed by atoms with van der Waals surface area (Å²) in [5, 5.41) is 3.52. The van der Waals surface area contributed by atoms with E-state index in [2.05, 4.69) is 78.2 Å². The Bertz CT molecular complexity index is 394. The van der Waals surface area contributed by atoms with Crippen LogP contribution in [0.5, 0.6) is 0 Å². The van der Waals surface area contributed by atoms with Gasteiger partial charge in [-0.05, 0) is 43.1 Å². The van der Waals surface area contributed by atoms with Crippen molar-refractivity contribution in [2.24, 2.45) is 5.41 Å². The van der Waals surface area contributed by atoms with E-state index in [-0.39, 0.29) is 0 Å². The molecule has 0 heterocycles. The monoisotopic (exact) mass is 340 g/mol. The molecule has 0 aliphatic heterocycles. The van der Waals surface area contributed by atoms with Crippen molar-refractivity contribution in [1.82, 2.24) is 10.2 Å². The van der Waals surface area contributed by atoms with Gasteiger partial charge in [0.25, 0.3) is 0 Å². The first-order chi connectivity index (χ1) is 9.49. The van der Waals surface area contributed by atoms with Crippen LogP contribution in [0.3, 0.4) is 0 Å². The number of halogens is 1. The maximum atomic E-state index is 3.54.